The van der Waals surface area contributed by atoms with Crippen LogP contribution in [-0.2, 0) is 4.74 Å². The Morgan fingerprint density at radius 1 is 1.21 bits per heavy atom. The summed E-state index contributed by atoms with van der Waals surface area (Å²) in [7, 11) is 0. The second-order valence-electron chi connectivity index (χ2n) is 5.46. The zero-order chi connectivity index (χ0) is 10.6. The summed E-state index contributed by atoms with van der Waals surface area (Å²) in [5, 5.41) is 0. The van der Waals surface area contributed by atoms with Crippen molar-refractivity contribution in [1.82, 2.24) is 0 Å². The van der Waals surface area contributed by atoms with Gasteiger partial charge < -0.3 is 4.74 Å². The normalized spacial score (nSPS) is 28.8. The van der Waals surface area contributed by atoms with E-state index in [0.717, 1.165) is 5.92 Å². The van der Waals surface area contributed by atoms with Gasteiger partial charge in [0.05, 0.1) is 12.7 Å². The largest absolute Gasteiger partial charge is 0.374 e. The third-order valence-corrected chi connectivity index (χ3v) is 3.35. The molecule has 14 heavy (non-hydrogen) atoms. The van der Waals surface area contributed by atoms with Crippen LogP contribution in [0, 0.1) is 11.3 Å². The van der Waals surface area contributed by atoms with Crippen LogP contribution in [0.5, 0.6) is 0 Å². The lowest BCUT2D eigenvalue weighted by molar-refractivity contribution is 0.0176. The fourth-order valence-corrected chi connectivity index (χ4v) is 2.30. The maximum atomic E-state index is 5.68. The molecule has 1 fully saturated rings. The molecule has 1 heteroatoms. The minimum atomic E-state index is 0.476. The van der Waals surface area contributed by atoms with Gasteiger partial charge in [-0.15, -0.1) is 6.58 Å². The summed E-state index contributed by atoms with van der Waals surface area (Å²) in [6, 6.07) is 0. The Labute approximate surface area is 88.5 Å². The predicted molar refractivity (Wildman–Crippen MR) is 61.4 cm³/mol. The van der Waals surface area contributed by atoms with Gasteiger partial charge in [0.15, 0.2) is 0 Å². The van der Waals surface area contributed by atoms with Gasteiger partial charge in [-0.2, -0.15) is 0 Å². The van der Waals surface area contributed by atoms with Gasteiger partial charge in [0, 0.05) is 0 Å². The lowest BCUT2D eigenvalue weighted by Gasteiger charge is -2.36. The lowest BCUT2D eigenvalue weighted by atomic mass is 9.72. The molecule has 0 spiro atoms. The quantitative estimate of drug-likeness (QED) is 0.624. The molecule has 1 aliphatic rings. The smallest absolute Gasteiger partial charge is 0.0648 e. The summed E-state index contributed by atoms with van der Waals surface area (Å²) in [5.74, 6) is 0.881. The minimum absolute atomic E-state index is 0.476. The molecule has 0 aromatic heterocycles. The zero-order valence-corrected chi connectivity index (χ0v) is 9.88. The third kappa shape index (κ3) is 3.45. The first-order valence-electron chi connectivity index (χ1n) is 5.76. The molecule has 1 saturated carbocycles. The van der Waals surface area contributed by atoms with Gasteiger partial charge in [-0.25, -0.2) is 0 Å². The van der Waals surface area contributed by atoms with Crippen LogP contribution in [0.4, 0.5) is 0 Å². The van der Waals surface area contributed by atoms with E-state index >= 15 is 0 Å². The van der Waals surface area contributed by atoms with Crippen LogP contribution < -0.4 is 0 Å². The first-order valence-corrected chi connectivity index (χ1v) is 5.76. The lowest BCUT2D eigenvalue weighted by Crippen LogP contribution is -2.29. The van der Waals surface area contributed by atoms with E-state index in [-0.39, 0.29) is 0 Å². The summed E-state index contributed by atoms with van der Waals surface area (Å²) in [6.07, 6.45) is 7.45. The molecule has 0 radical (unpaired) electrons. The first kappa shape index (κ1) is 11.8. The van der Waals surface area contributed by atoms with E-state index in [9.17, 15) is 0 Å². The van der Waals surface area contributed by atoms with Crippen molar-refractivity contribution in [3.05, 3.63) is 12.7 Å². The molecule has 0 bridgehead atoms. The Hall–Kier alpha value is -0.300. The van der Waals surface area contributed by atoms with Crippen molar-refractivity contribution in [3.63, 3.8) is 0 Å². The number of hydrogen-bond donors (Lipinski definition) is 0. The van der Waals surface area contributed by atoms with Crippen molar-refractivity contribution >= 4 is 0 Å². The van der Waals surface area contributed by atoms with E-state index in [2.05, 4.69) is 27.4 Å². The van der Waals surface area contributed by atoms with Crippen molar-refractivity contribution in [3.8, 4) is 0 Å². The molecule has 1 rings (SSSR count). The molecule has 1 nitrogen and oxygen atoms in total. The molecule has 0 heterocycles. The third-order valence-electron chi connectivity index (χ3n) is 3.35. The predicted octanol–water partition coefficient (Wildman–Crippen LogP) is 3.79. The van der Waals surface area contributed by atoms with Crippen molar-refractivity contribution in [2.75, 3.05) is 6.61 Å². The van der Waals surface area contributed by atoms with E-state index in [1.165, 1.54) is 25.7 Å². The molecular weight excluding hydrogens is 172 g/mol. The average Bonchev–Trinajstić information content (AvgIpc) is 2.14. The van der Waals surface area contributed by atoms with Gasteiger partial charge in [-0.05, 0) is 37.0 Å². The summed E-state index contributed by atoms with van der Waals surface area (Å²) in [4.78, 5) is 0. The highest BCUT2D eigenvalue weighted by atomic mass is 16.5. The molecule has 1 aliphatic carbocycles. The maximum absolute atomic E-state index is 5.68. The van der Waals surface area contributed by atoms with Crippen LogP contribution in [0.2, 0.25) is 0 Å². The van der Waals surface area contributed by atoms with Crippen LogP contribution in [0.25, 0.3) is 0 Å². The highest BCUT2D eigenvalue weighted by Gasteiger charge is 2.29. The SMILES string of the molecule is C=CCOC1CCC(C(C)(C)C)CC1. The van der Waals surface area contributed by atoms with E-state index in [4.69, 9.17) is 4.74 Å². The van der Waals surface area contributed by atoms with E-state index < -0.39 is 0 Å². The zero-order valence-electron chi connectivity index (χ0n) is 9.88. The van der Waals surface area contributed by atoms with Crippen LogP contribution in [0.1, 0.15) is 46.5 Å². The Bertz CT molecular complexity index is 170. The van der Waals surface area contributed by atoms with E-state index in [1.807, 2.05) is 6.08 Å². The fourth-order valence-electron chi connectivity index (χ4n) is 2.30. The Kier molecular flexibility index (Phi) is 4.18. The summed E-state index contributed by atoms with van der Waals surface area (Å²) in [5.41, 5.74) is 0.476. The standard InChI is InChI=1S/C13H24O/c1-5-10-14-12-8-6-11(7-9-12)13(2,3)4/h5,11-12H,1,6-10H2,2-4H3. The van der Waals surface area contributed by atoms with Gasteiger partial charge >= 0.3 is 0 Å². The molecule has 0 aromatic carbocycles. The highest BCUT2D eigenvalue weighted by Crippen LogP contribution is 2.38. The topological polar surface area (TPSA) is 9.23 Å². The number of ether oxygens (including phenoxy) is 1. The van der Waals surface area contributed by atoms with Crippen molar-refractivity contribution in [2.45, 2.75) is 52.6 Å². The van der Waals surface area contributed by atoms with Crippen LogP contribution in [0.3, 0.4) is 0 Å². The van der Waals surface area contributed by atoms with Crippen LogP contribution >= 0.6 is 0 Å². The van der Waals surface area contributed by atoms with E-state index in [0.29, 0.717) is 18.1 Å². The Morgan fingerprint density at radius 2 is 1.79 bits per heavy atom. The molecule has 0 amide bonds. The van der Waals surface area contributed by atoms with Gasteiger partial charge in [0.2, 0.25) is 0 Å². The fraction of sp³-hybridized carbons (Fsp3) is 0.846. The average molecular weight is 196 g/mol. The van der Waals surface area contributed by atoms with Crippen molar-refractivity contribution < 1.29 is 4.74 Å². The molecule has 0 aromatic rings. The second kappa shape index (κ2) is 4.97. The highest BCUT2D eigenvalue weighted by molar-refractivity contribution is 4.81. The van der Waals surface area contributed by atoms with Gasteiger partial charge in [0.1, 0.15) is 0 Å². The molecule has 82 valence electrons. The molecule has 0 aliphatic heterocycles. The van der Waals surface area contributed by atoms with Crippen molar-refractivity contribution in [1.29, 1.82) is 0 Å². The van der Waals surface area contributed by atoms with Crippen LogP contribution in [0.15, 0.2) is 12.7 Å². The Balaban J connectivity index is 2.27. The number of hydrogen-bond acceptors (Lipinski definition) is 1. The summed E-state index contributed by atoms with van der Waals surface area (Å²) >= 11 is 0. The first-order chi connectivity index (χ1) is 6.54. The summed E-state index contributed by atoms with van der Waals surface area (Å²) < 4.78 is 5.68. The van der Waals surface area contributed by atoms with Crippen molar-refractivity contribution in [2.24, 2.45) is 11.3 Å². The molecular formula is C13H24O. The maximum Gasteiger partial charge on any atom is 0.0648 e. The molecule has 0 unspecified atom stereocenters. The minimum Gasteiger partial charge on any atom is -0.374 e. The molecule has 0 saturated heterocycles. The van der Waals surface area contributed by atoms with Gasteiger partial charge in [0.25, 0.3) is 0 Å². The monoisotopic (exact) mass is 196 g/mol. The van der Waals surface area contributed by atoms with Crippen LogP contribution in [-0.4, -0.2) is 12.7 Å². The Morgan fingerprint density at radius 3 is 2.21 bits per heavy atom. The second-order valence-corrected chi connectivity index (χ2v) is 5.46. The molecule has 0 atom stereocenters. The van der Waals surface area contributed by atoms with Gasteiger partial charge in [-0.3, -0.25) is 0 Å². The number of rotatable bonds is 3. The molecule has 0 N–H and O–H groups in total. The van der Waals surface area contributed by atoms with Gasteiger partial charge in [-0.1, -0.05) is 26.8 Å². The summed E-state index contributed by atoms with van der Waals surface area (Å²) in [6.45, 7) is 11.4. The van der Waals surface area contributed by atoms with E-state index in [1.54, 1.807) is 0 Å².